The van der Waals surface area contributed by atoms with Crippen molar-refractivity contribution >= 4 is 17.7 Å². The summed E-state index contributed by atoms with van der Waals surface area (Å²) >= 11 is 1.56. The molecule has 0 aliphatic carbocycles. The molecular weight excluding hydrogens is 248 g/mol. The van der Waals surface area contributed by atoms with Crippen LogP contribution in [-0.2, 0) is 11.2 Å². The topological polar surface area (TPSA) is 87.1 Å². The fourth-order valence-electron chi connectivity index (χ4n) is 1.41. The lowest BCUT2D eigenvalue weighted by molar-refractivity contribution is -0.137. The quantitative estimate of drug-likeness (QED) is 0.731. The standard InChI is InChI=1S/C13H16N2O2S/c14-8-11-5-3-10(4-6-11)2-1-7-18-9-12(15)13(16)17/h3-6,12H,1-2,7,9,15H2,(H,16,17)/t12-/m1/s1. The molecule has 0 radical (unpaired) electrons. The summed E-state index contributed by atoms with van der Waals surface area (Å²) in [5, 5.41) is 17.3. The summed E-state index contributed by atoms with van der Waals surface area (Å²) in [6.45, 7) is 0. The number of rotatable bonds is 7. The summed E-state index contributed by atoms with van der Waals surface area (Å²) in [6, 6.07) is 8.82. The third-order valence-corrected chi connectivity index (χ3v) is 3.62. The minimum atomic E-state index is -0.949. The van der Waals surface area contributed by atoms with Gasteiger partial charge in [0.15, 0.2) is 0 Å². The molecule has 0 aliphatic heterocycles. The minimum Gasteiger partial charge on any atom is -0.480 e. The van der Waals surface area contributed by atoms with E-state index >= 15 is 0 Å². The Bertz CT molecular complexity index is 426. The van der Waals surface area contributed by atoms with Gasteiger partial charge in [0, 0.05) is 5.75 Å². The lowest BCUT2D eigenvalue weighted by Crippen LogP contribution is -2.32. The first-order valence-corrected chi connectivity index (χ1v) is 6.84. The van der Waals surface area contributed by atoms with Gasteiger partial charge < -0.3 is 10.8 Å². The van der Waals surface area contributed by atoms with Crippen LogP contribution in [0.25, 0.3) is 0 Å². The van der Waals surface area contributed by atoms with Crippen molar-refractivity contribution in [1.82, 2.24) is 0 Å². The van der Waals surface area contributed by atoms with Crippen molar-refractivity contribution in [2.45, 2.75) is 18.9 Å². The zero-order valence-electron chi connectivity index (χ0n) is 10.0. The van der Waals surface area contributed by atoms with Gasteiger partial charge in [0.05, 0.1) is 11.6 Å². The average molecular weight is 264 g/mol. The van der Waals surface area contributed by atoms with Gasteiger partial charge in [-0.3, -0.25) is 4.79 Å². The van der Waals surface area contributed by atoms with Crippen molar-refractivity contribution < 1.29 is 9.90 Å². The van der Waals surface area contributed by atoms with E-state index in [9.17, 15) is 4.79 Å². The van der Waals surface area contributed by atoms with Crippen LogP contribution >= 0.6 is 11.8 Å². The van der Waals surface area contributed by atoms with E-state index in [-0.39, 0.29) is 0 Å². The zero-order valence-corrected chi connectivity index (χ0v) is 10.8. The van der Waals surface area contributed by atoms with Crippen molar-refractivity contribution in [3.05, 3.63) is 35.4 Å². The largest absolute Gasteiger partial charge is 0.480 e. The van der Waals surface area contributed by atoms with Crippen molar-refractivity contribution in [3.8, 4) is 6.07 Å². The van der Waals surface area contributed by atoms with Crippen molar-refractivity contribution in [3.63, 3.8) is 0 Å². The van der Waals surface area contributed by atoms with E-state index in [4.69, 9.17) is 16.1 Å². The van der Waals surface area contributed by atoms with Crippen LogP contribution in [-0.4, -0.2) is 28.6 Å². The fraction of sp³-hybridized carbons (Fsp3) is 0.385. The molecule has 0 amide bonds. The molecule has 0 unspecified atom stereocenters. The maximum absolute atomic E-state index is 10.5. The molecule has 0 heterocycles. The number of thioether (sulfide) groups is 1. The molecule has 0 bridgehead atoms. The van der Waals surface area contributed by atoms with E-state index < -0.39 is 12.0 Å². The number of carboxylic acid groups (broad SMARTS) is 1. The van der Waals surface area contributed by atoms with Crippen LogP contribution in [0.4, 0.5) is 0 Å². The third kappa shape index (κ3) is 5.21. The molecule has 0 saturated heterocycles. The Morgan fingerprint density at radius 1 is 1.44 bits per heavy atom. The van der Waals surface area contributed by atoms with Crippen molar-refractivity contribution in [1.29, 1.82) is 5.26 Å². The number of aryl methyl sites for hydroxylation is 1. The number of hydrogen-bond donors (Lipinski definition) is 2. The van der Waals surface area contributed by atoms with Gasteiger partial charge in [0.2, 0.25) is 0 Å². The monoisotopic (exact) mass is 264 g/mol. The Balaban J connectivity index is 2.18. The van der Waals surface area contributed by atoms with Crippen LogP contribution in [0.1, 0.15) is 17.5 Å². The lowest BCUT2D eigenvalue weighted by atomic mass is 10.1. The maximum Gasteiger partial charge on any atom is 0.321 e. The molecule has 96 valence electrons. The van der Waals surface area contributed by atoms with E-state index in [1.54, 1.807) is 11.8 Å². The fourth-order valence-corrected chi connectivity index (χ4v) is 2.32. The zero-order chi connectivity index (χ0) is 13.4. The third-order valence-electron chi connectivity index (χ3n) is 2.45. The van der Waals surface area contributed by atoms with Gasteiger partial charge in [-0.25, -0.2) is 0 Å². The number of nitriles is 1. The van der Waals surface area contributed by atoms with Crippen LogP contribution < -0.4 is 5.73 Å². The Kier molecular flexibility index (Phi) is 6.26. The average Bonchev–Trinajstić information content (AvgIpc) is 2.38. The molecule has 0 saturated carbocycles. The van der Waals surface area contributed by atoms with Gasteiger partial charge in [-0.2, -0.15) is 17.0 Å². The van der Waals surface area contributed by atoms with Gasteiger partial charge in [0.25, 0.3) is 0 Å². The first-order chi connectivity index (χ1) is 8.63. The number of hydrogen-bond acceptors (Lipinski definition) is 4. The molecule has 1 atom stereocenters. The first-order valence-electron chi connectivity index (χ1n) is 5.68. The van der Waals surface area contributed by atoms with Crippen LogP contribution in [0.2, 0.25) is 0 Å². The summed E-state index contributed by atoms with van der Waals surface area (Å²) < 4.78 is 0. The number of benzene rings is 1. The Labute approximate surface area is 111 Å². The van der Waals surface area contributed by atoms with E-state index in [2.05, 4.69) is 6.07 Å². The summed E-state index contributed by atoms with van der Waals surface area (Å²) in [4.78, 5) is 10.5. The second-order valence-corrected chi connectivity index (χ2v) is 5.08. The van der Waals surface area contributed by atoms with Gasteiger partial charge >= 0.3 is 5.97 Å². The highest BCUT2D eigenvalue weighted by Gasteiger charge is 2.10. The van der Waals surface area contributed by atoms with E-state index in [1.165, 1.54) is 5.56 Å². The number of aliphatic carboxylic acids is 1. The van der Waals surface area contributed by atoms with E-state index in [1.807, 2.05) is 24.3 Å². The van der Waals surface area contributed by atoms with E-state index in [0.29, 0.717) is 11.3 Å². The molecule has 18 heavy (non-hydrogen) atoms. The minimum absolute atomic E-state index is 0.447. The first kappa shape index (κ1) is 14.6. The maximum atomic E-state index is 10.5. The van der Waals surface area contributed by atoms with Gasteiger partial charge in [0.1, 0.15) is 6.04 Å². The molecule has 1 aromatic rings. The molecule has 1 rings (SSSR count). The summed E-state index contributed by atoms with van der Waals surface area (Å²) in [6.07, 6.45) is 1.91. The van der Waals surface area contributed by atoms with Crippen molar-refractivity contribution in [2.24, 2.45) is 5.73 Å². The molecule has 0 spiro atoms. The predicted octanol–water partition coefficient (Wildman–Crippen LogP) is 1.64. The number of nitrogens with two attached hydrogens (primary N) is 1. The highest BCUT2D eigenvalue weighted by Crippen LogP contribution is 2.10. The second-order valence-electron chi connectivity index (χ2n) is 3.93. The highest BCUT2D eigenvalue weighted by atomic mass is 32.2. The van der Waals surface area contributed by atoms with Gasteiger partial charge in [-0.05, 0) is 36.3 Å². The lowest BCUT2D eigenvalue weighted by Gasteiger charge is -2.05. The van der Waals surface area contributed by atoms with Crippen molar-refractivity contribution in [2.75, 3.05) is 11.5 Å². The summed E-state index contributed by atoms with van der Waals surface area (Å²) in [7, 11) is 0. The number of carbonyl (C=O) groups is 1. The molecule has 5 heteroatoms. The smallest absolute Gasteiger partial charge is 0.321 e. The predicted molar refractivity (Wildman–Crippen MR) is 72.4 cm³/mol. The number of carboxylic acids is 1. The molecule has 0 fully saturated rings. The normalized spacial score (nSPS) is 11.8. The molecular formula is C13H16N2O2S. The van der Waals surface area contributed by atoms with Crippen LogP contribution in [0.5, 0.6) is 0 Å². The molecule has 0 aliphatic rings. The van der Waals surface area contributed by atoms with Crippen LogP contribution in [0.3, 0.4) is 0 Å². The molecule has 1 aromatic carbocycles. The SMILES string of the molecule is N#Cc1ccc(CCCSC[C@@H](N)C(=O)O)cc1. The second kappa shape index (κ2) is 7.75. The van der Waals surface area contributed by atoms with Crippen LogP contribution in [0, 0.1) is 11.3 Å². The molecule has 4 nitrogen and oxygen atoms in total. The number of nitrogens with zero attached hydrogens (tertiary/aromatic N) is 1. The highest BCUT2D eigenvalue weighted by molar-refractivity contribution is 7.99. The van der Waals surface area contributed by atoms with Gasteiger partial charge in [-0.1, -0.05) is 12.1 Å². The summed E-state index contributed by atoms with van der Waals surface area (Å²) in [5.74, 6) is 0.388. The van der Waals surface area contributed by atoms with Gasteiger partial charge in [-0.15, -0.1) is 0 Å². The Morgan fingerprint density at radius 3 is 2.67 bits per heavy atom. The Hall–Kier alpha value is -1.51. The van der Waals surface area contributed by atoms with E-state index in [0.717, 1.165) is 18.6 Å². The molecule has 0 aromatic heterocycles. The molecule has 3 N–H and O–H groups in total. The van der Waals surface area contributed by atoms with Crippen LogP contribution in [0.15, 0.2) is 24.3 Å². The Morgan fingerprint density at radius 2 is 2.11 bits per heavy atom. The summed E-state index contributed by atoms with van der Waals surface area (Å²) in [5.41, 5.74) is 7.25.